The number of carboxylic acid groups (broad SMARTS) is 2. The van der Waals surface area contributed by atoms with Crippen LogP contribution in [0, 0.1) is 0 Å². The molecule has 0 aromatic rings. The van der Waals surface area contributed by atoms with Gasteiger partial charge in [0, 0.05) is 5.75 Å². The highest BCUT2D eigenvalue weighted by atomic mass is 32.1. The first-order chi connectivity index (χ1) is 10.3. The molecular weight excluding hydrogens is 314 g/mol. The molecule has 10 heteroatoms. The normalized spacial score (nSPS) is 20.0. The molecule has 5 N–H and O–H groups in total. The number of rotatable bonds is 8. The largest absolute Gasteiger partial charge is 0.481 e. The van der Waals surface area contributed by atoms with E-state index in [4.69, 9.17) is 10.2 Å². The molecule has 1 heterocycles. The summed E-state index contributed by atoms with van der Waals surface area (Å²) >= 11 is 3.96. The lowest BCUT2D eigenvalue weighted by Gasteiger charge is -2.21. The molecule has 0 bridgehead atoms. The molecule has 0 saturated carbocycles. The van der Waals surface area contributed by atoms with Gasteiger partial charge in [-0.25, -0.2) is 4.79 Å². The Labute approximate surface area is 132 Å². The number of carboxylic acids is 2. The summed E-state index contributed by atoms with van der Waals surface area (Å²) in [5.74, 6) is -4.00. The maximum Gasteiger partial charge on any atom is 0.326 e. The second kappa shape index (κ2) is 8.59. The minimum absolute atomic E-state index is 0.0380. The van der Waals surface area contributed by atoms with E-state index in [9.17, 15) is 19.2 Å². The standard InChI is InChI=1S/C12H19N3O6S/c16-9(17)4-7(12(20)21)14-11(19)8(5-22)15-10(18)6-2-1-3-13-6/h6-8,13,22H,1-5H2,(H,14,19)(H,15,18)(H,16,17)(H,20,21). The summed E-state index contributed by atoms with van der Waals surface area (Å²) in [6, 6.07) is -2.98. The van der Waals surface area contributed by atoms with Gasteiger partial charge >= 0.3 is 11.9 Å². The van der Waals surface area contributed by atoms with Gasteiger partial charge in [0.2, 0.25) is 11.8 Å². The number of carbonyl (C=O) groups is 4. The summed E-state index contributed by atoms with van der Waals surface area (Å²) in [6.45, 7) is 0.718. The van der Waals surface area contributed by atoms with Crippen LogP contribution in [0.25, 0.3) is 0 Å². The Morgan fingerprint density at radius 2 is 1.86 bits per heavy atom. The van der Waals surface area contributed by atoms with Gasteiger partial charge in [0.05, 0.1) is 12.5 Å². The molecule has 2 amide bonds. The lowest BCUT2D eigenvalue weighted by molar-refractivity contribution is -0.147. The van der Waals surface area contributed by atoms with E-state index in [-0.39, 0.29) is 17.7 Å². The minimum Gasteiger partial charge on any atom is -0.481 e. The highest BCUT2D eigenvalue weighted by Gasteiger charge is 2.29. The Morgan fingerprint density at radius 3 is 2.32 bits per heavy atom. The quantitative estimate of drug-likeness (QED) is 0.287. The van der Waals surface area contributed by atoms with E-state index < -0.39 is 36.4 Å². The van der Waals surface area contributed by atoms with Gasteiger partial charge in [0.1, 0.15) is 12.1 Å². The first kappa shape index (κ1) is 18.2. The second-order valence-corrected chi connectivity index (χ2v) is 5.26. The van der Waals surface area contributed by atoms with Crippen LogP contribution in [0.5, 0.6) is 0 Å². The van der Waals surface area contributed by atoms with E-state index in [1.165, 1.54) is 0 Å². The van der Waals surface area contributed by atoms with E-state index >= 15 is 0 Å². The zero-order valence-corrected chi connectivity index (χ0v) is 12.6. The molecule has 1 aliphatic heterocycles. The topological polar surface area (TPSA) is 145 Å². The van der Waals surface area contributed by atoms with Crippen LogP contribution in [0.15, 0.2) is 0 Å². The molecule has 1 saturated heterocycles. The van der Waals surface area contributed by atoms with Crippen LogP contribution in [0.2, 0.25) is 0 Å². The van der Waals surface area contributed by atoms with E-state index in [1.807, 2.05) is 0 Å². The van der Waals surface area contributed by atoms with Gasteiger partial charge in [-0.2, -0.15) is 12.6 Å². The van der Waals surface area contributed by atoms with Gasteiger partial charge < -0.3 is 26.2 Å². The highest BCUT2D eigenvalue weighted by molar-refractivity contribution is 7.80. The summed E-state index contributed by atoms with van der Waals surface area (Å²) in [5, 5.41) is 25.0. The van der Waals surface area contributed by atoms with Crippen LogP contribution in [-0.2, 0) is 19.2 Å². The molecule has 0 spiro atoms. The monoisotopic (exact) mass is 333 g/mol. The molecule has 3 atom stereocenters. The minimum atomic E-state index is -1.56. The Bertz CT molecular complexity index is 452. The number of hydrogen-bond donors (Lipinski definition) is 6. The molecule has 0 aliphatic carbocycles. The molecular formula is C12H19N3O6S. The summed E-state index contributed by atoms with van der Waals surface area (Å²) < 4.78 is 0. The average Bonchev–Trinajstić information content (AvgIpc) is 2.97. The third kappa shape index (κ3) is 5.53. The summed E-state index contributed by atoms with van der Waals surface area (Å²) in [5.41, 5.74) is 0. The smallest absolute Gasteiger partial charge is 0.326 e. The molecule has 1 aliphatic rings. The molecule has 0 aromatic carbocycles. The third-order valence-corrected chi connectivity index (χ3v) is 3.55. The van der Waals surface area contributed by atoms with Crippen molar-refractivity contribution < 1.29 is 29.4 Å². The number of nitrogens with one attached hydrogen (secondary N) is 3. The van der Waals surface area contributed by atoms with E-state index in [0.29, 0.717) is 6.42 Å². The summed E-state index contributed by atoms with van der Waals surface area (Å²) in [7, 11) is 0. The number of hydrogen-bond acceptors (Lipinski definition) is 6. The summed E-state index contributed by atoms with van der Waals surface area (Å²) in [6.07, 6.45) is 0.761. The fraction of sp³-hybridized carbons (Fsp3) is 0.667. The van der Waals surface area contributed by atoms with Crippen LogP contribution in [-0.4, -0.2) is 64.4 Å². The lowest BCUT2D eigenvalue weighted by atomic mass is 10.1. The van der Waals surface area contributed by atoms with E-state index in [2.05, 4.69) is 28.6 Å². The van der Waals surface area contributed by atoms with Gasteiger partial charge in [0.25, 0.3) is 0 Å². The maximum atomic E-state index is 12.0. The Balaban J connectivity index is 2.60. The van der Waals surface area contributed by atoms with Gasteiger partial charge in [-0.05, 0) is 19.4 Å². The van der Waals surface area contributed by atoms with Crippen molar-refractivity contribution >= 4 is 36.4 Å². The number of amides is 2. The van der Waals surface area contributed by atoms with Crippen molar-refractivity contribution in [3.05, 3.63) is 0 Å². The van der Waals surface area contributed by atoms with E-state index in [1.54, 1.807) is 0 Å². The molecule has 1 fully saturated rings. The zero-order valence-electron chi connectivity index (χ0n) is 11.7. The second-order valence-electron chi connectivity index (χ2n) is 4.89. The molecule has 9 nitrogen and oxygen atoms in total. The molecule has 22 heavy (non-hydrogen) atoms. The van der Waals surface area contributed by atoms with Crippen LogP contribution >= 0.6 is 12.6 Å². The first-order valence-corrected chi connectivity index (χ1v) is 7.38. The van der Waals surface area contributed by atoms with Crippen LogP contribution < -0.4 is 16.0 Å². The fourth-order valence-electron chi connectivity index (χ4n) is 2.02. The third-order valence-electron chi connectivity index (χ3n) is 3.19. The van der Waals surface area contributed by atoms with Crippen molar-refractivity contribution in [2.24, 2.45) is 0 Å². The first-order valence-electron chi connectivity index (χ1n) is 6.74. The van der Waals surface area contributed by atoms with Gasteiger partial charge in [0.15, 0.2) is 0 Å². The maximum absolute atomic E-state index is 12.0. The van der Waals surface area contributed by atoms with Crippen molar-refractivity contribution in [1.29, 1.82) is 0 Å². The number of carbonyl (C=O) groups excluding carboxylic acids is 2. The summed E-state index contributed by atoms with van der Waals surface area (Å²) in [4.78, 5) is 45.4. The van der Waals surface area contributed by atoms with Crippen LogP contribution in [0.3, 0.4) is 0 Å². The van der Waals surface area contributed by atoms with Crippen molar-refractivity contribution in [3.63, 3.8) is 0 Å². The van der Waals surface area contributed by atoms with Gasteiger partial charge in [-0.15, -0.1) is 0 Å². The van der Waals surface area contributed by atoms with E-state index in [0.717, 1.165) is 13.0 Å². The lowest BCUT2D eigenvalue weighted by Crippen LogP contribution is -2.55. The predicted octanol–water partition coefficient (Wildman–Crippen LogP) is -1.80. The van der Waals surface area contributed by atoms with Crippen LogP contribution in [0.1, 0.15) is 19.3 Å². The van der Waals surface area contributed by atoms with Crippen molar-refractivity contribution in [3.8, 4) is 0 Å². The van der Waals surface area contributed by atoms with Gasteiger partial charge in [-0.3, -0.25) is 14.4 Å². The predicted molar refractivity (Wildman–Crippen MR) is 78.6 cm³/mol. The van der Waals surface area contributed by atoms with Crippen molar-refractivity contribution in [2.75, 3.05) is 12.3 Å². The van der Waals surface area contributed by atoms with Crippen molar-refractivity contribution in [1.82, 2.24) is 16.0 Å². The SMILES string of the molecule is O=C(O)CC(NC(=O)C(CS)NC(=O)C1CCCN1)C(=O)O. The number of thiol groups is 1. The Kier molecular flexibility index (Phi) is 7.12. The molecule has 0 aromatic heterocycles. The van der Waals surface area contributed by atoms with Crippen molar-refractivity contribution in [2.45, 2.75) is 37.4 Å². The van der Waals surface area contributed by atoms with Gasteiger partial charge in [-0.1, -0.05) is 0 Å². The fourth-order valence-corrected chi connectivity index (χ4v) is 2.28. The highest BCUT2D eigenvalue weighted by Crippen LogP contribution is 2.05. The molecule has 124 valence electrons. The molecule has 0 radical (unpaired) electrons. The molecule has 3 unspecified atom stereocenters. The number of aliphatic carboxylic acids is 2. The molecule has 1 rings (SSSR count). The van der Waals surface area contributed by atoms with Crippen LogP contribution in [0.4, 0.5) is 0 Å². The Hall–Kier alpha value is -1.81. The zero-order chi connectivity index (χ0) is 16.7. The average molecular weight is 333 g/mol. The Morgan fingerprint density at radius 1 is 1.18 bits per heavy atom.